The van der Waals surface area contributed by atoms with Gasteiger partial charge in [0.1, 0.15) is 0 Å². The van der Waals surface area contributed by atoms with Crippen molar-refractivity contribution in [3.63, 3.8) is 0 Å². The number of rotatable bonds is 1. The third-order valence-electron chi connectivity index (χ3n) is 2.10. The second kappa shape index (κ2) is 2.42. The zero-order valence-electron chi connectivity index (χ0n) is 6.18. The van der Waals surface area contributed by atoms with E-state index in [4.69, 9.17) is 17.3 Å². The monoisotopic (exact) mass is 167 g/mol. The van der Waals surface area contributed by atoms with Gasteiger partial charge in [0.25, 0.3) is 0 Å². The maximum atomic E-state index is 5.86. The second-order valence-electron chi connectivity index (χ2n) is 3.02. The number of anilines is 1. The van der Waals surface area contributed by atoms with Crippen molar-refractivity contribution in [2.45, 2.75) is 18.8 Å². The van der Waals surface area contributed by atoms with Crippen LogP contribution >= 0.6 is 11.6 Å². The molecule has 1 saturated carbocycles. The van der Waals surface area contributed by atoms with E-state index in [9.17, 15) is 0 Å². The predicted molar refractivity (Wildman–Crippen MR) is 47.8 cm³/mol. The van der Waals surface area contributed by atoms with E-state index in [1.165, 1.54) is 18.4 Å². The van der Waals surface area contributed by atoms with Crippen molar-refractivity contribution in [1.82, 2.24) is 0 Å². The first-order valence-electron chi connectivity index (χ1n) is 3.83. The molecule has 0 amide bonds. The Balaban J connectivity index is 2.45. The van der Waals surface area contributed by atoms with Crippen LogP contribution in [0.25, 0.3) is 0 Å². The van der Waals surface area contributed by atoms with Gasteiger partial charge in [0.15, 0.2) is 0 Å². The van der Waals surface area contributed by atoms with Crippen LogP contribution in [-0.2, 0) is 0 Å². The third kappa shape index (κ3) is 1.21. The molecule has 1 nitrogen and oxygen atoms in total. The van der Waals surface area contributed by atoms with E-state index in [0.29, 0.717) is 10.9 Å². The van der Waals surface area contributed by atoms with E-state index in [2.05, 4.69) is 6.07 Å². The van der Waals surface area contributed by atoms with Gasteiger partial charge in [0.2, 0.25) is 0 Å². The Morgan fingerprint density at radius 2 is 2.09 bits per heavy atom. The van der Waals surface area contributed by atoms with Crippen molar-refractivity contribution >= 4 is 17.3 Å². The van der Waals surface area contributed by atoms with E-state index in [1.807, 2.05) is 12.1 Å². The summed E-state index contributed by atoms with van der Waals surface area (Å²) in [5, 5.41) is 0.689. The highest BCUT2D eigenvalue weighted by atomic mass is 35.5. The molecule has 2 rings (SSSR count). The topological polar surface area (TPSA) is 26.0 Å². The van der Waals surface area contributed by atoms with Gasteiger partial charge < -0.3 is 5.73 Å². The van der Waals surface area contributed by atoms with E-state index in [0.717, 1.165) is 5.69 Å². The molecule has 1 aromatic rings. The Morgan fingerprint density at radius 1 is 1.36 bits per heavy atom. The molecule has 0 atom stereocenters. The lowest BCUT2D eigenvalue weighted by molar-refractivity contribution is 1.14. The van der Waals surface area contributed by atoms with E-state index < -0.39 is 0 Å². The van der Waals surface area contributed by atoms with Crippen LogP contribution in [0, 0.1) is 0 Å². The molecular formula is C9H10ClN. The van der Waals surface area contributed by atoms with Crippen LogP contribution < -0.4 is 5.73 Å². The summed E-state index contributed by atoms with van der Waals surface area (Å²) < 4.78 is 0. The smallest absolute Gasteiger partial charge is 0.0638 e. The zero-order valence-corrected chi connectivity index (χ0v) is 6.93. The van der Waals surface area contributed by atoms with Crippen molar-refractivity contribution in [3.8, 4) is 0 Å². The molecule has 0 saturated heterocycles. The SMILES string of the molecule is Nc1c(Cl)cccc1C1CC1. The highest BCUT2D eigenvalue weighted by Crippen LogP contribution is 2.44. The summed E-state index contributed by atoms with van der Waals surface area (Å²) in [6.45, 7) is 0. The van der Waals surface area contributed by atoms with Gasteiger partial charge >= 0.3 is 0 Å². The number of benzene rings is 1. The summed E-state index contributed by atoms with van der Waals surface area (Å²) in [5.74, 6) is 0.689. The quantitative estimate of drug-likeness (QED) is 0.640. The van der Waals surface area contributed by atoms with Crippen LogP contribution in [0.3, 0.4) is 0 Å². The molecule has 0 radical (unpaired) electrons. The molecule has 0 spiro atoms. The first-order chi connectivity index (χ1) is 5.29. The summed E-state index contributed by atoms with van der Waals surface area (Å²) in [6, 6.07) is 5.87. The highest BCUT2D eigenvalue weighted by molar-refractivity contribution is 6.33. The number of hydrogen-bond donors (Lipinski definition) is 1. The molecule has 58 valence electrons. The first-order valence-corrected chi connectivity index (χ1v) is 4.20. The van der Waals surface area contributed by atoms with Gasteiger partial charge in [-0.25, -0.2) is 0 Å². The van der Waals surface area contributed by atoms with Gasteiger partial charge in [-0.05, 0) is 30.4 Å². The third-order valence-corrected chi connectivity index (χ3v) is 2.43. The van der Waals surface area contributed by atoms with Crippen LogP contribution in [0.1, 0.15) is 24.3 Å². The van der Waals surface area contributed by atoms with Crippen molar-refractivity contribution in [2.75, 3.05) is 5.73 Å². The Kier molecular flexibility index (Phi) is 1.53. The number of nitrogen functional groups attached to an aromatic ring is 1. The molecule has 0 aromatic heterocycles. The van der Waals surface area contributed by atoms with Crippen molar-refractivity contribution in [1.29, 1.82) is 0 Å². The Morgan fingerprint density at radius 3 is 2.73 bits per heavy atom. The molecule has 1 aromatic carbocycles. The minimum absolute atomic E-state index is 0.689. The molecule has 0 bridgehead atoms. The molecule has 0 unspecified atom stereocenters. The molecule has 1 aliphatic carbocycles. The predicted octanol–water partition coefficient (Wildman–Crippen LogP) is 2.80. The average molecular weight is 168 g/mol. The fourth-order valence-electron chi connectivity index (χ4n) is 1.30. The number of halogens is 1. The second-order valence-corrected chi connectivity index (χ2v) is 3.42. The molecule has 11 heavy (non-hydrogen) atoms. The standard InChI is InChI=1S/C9H10ClN/c10-8-3-1-2-7(9(8)11)6-4-5-6/h1-3,6H,4-5,11H2. The van der Waals surface area contributed by atoms with E-state index in [1.54, 1.807) is 0 Å². The summed E-state index contributed by atoms with van der Waals surface area (Å²) >= 11 is 5.86. The number of nitrogens with two attached hydrogens (primary N) is 1. The van der Waals surface area contributed by atoms with Crippen molar-refractivity contribution in [3.05, 3.63) is 28.8 Å². The van der Waals surface area contributed by atoms with Gasteiger partial charge in [-0.2, -0.15) is 0 Å². The molecule has 2 N–H and O–H groups in total. The molecule has 2 heteroatoms. The van der Waals surface area contributed by atoms with Gasteiger partial charge in [-0.3, -0.25) is 0 Å². The van der Waals surface area contributed by atoms with Gasteiger partial charge in [-0.1, -0.05) is 23.7 Å². The molecular weight excluding hydrogens is 158 g/mol. The van der Waals surface area contributed by atoms with Crippen LogP contribution in [0.4, 0.5) is 5.69 Å². The van der Waals surface area contributed by atoms with E-state index in [-0.39, 0.29) is 0 Å². The van der Waals surface area contributed by atoms with Crippen molar-refractivity contribution in [2.24, 2.45) is 0 Å². The van der Waals surface area contributed by atoms with E-state index >= 15 is 0 Å². The molecule has 0 aliphatic heterocycles. The Labute approximate surface area is 71.2 Å². The largest absolute Gasteiger partial charge is 0.397 e. The Hall–Kier alpha value is -0.690. The maximum absolute atomic E-state index is 5.86. The minimum Gasteiger partial charge on any atom is -0.397 e. The number of hydrogen-bond acceptors (Lipinski definition) is 1. The lowest BCUT2D eigenvalue weighted by atomic mass is 10.1. The lowest BCUT2D eigenvalue weighted by Gasteiger charge is -2.03. The van der Waals surface area contributed by atoms with Gasteiger partial charge in [0.05, 0.1) is 10.7 Å². The van der Waals surface area contributed by atoms with Crippen LogP contribution in [0.2, 0.25) is 5.02 Å². The Bertz CT molecular complexity index is 279. The summed E-state index contributed by atoms with van der Waals surface area (Å²) in [6.07, 6.45) is 2.54. The van der Waals surface area contributed by atoms with Gasteiger partial charge in [-0.15, -0.1) is 0 Å². The molecule has 1 aliphatic rings. The van der Waals surface area contributed by atoms with Crippen molar-refractivity contribution < 1.29 is 0 Å². The fraction of sp³-hybridized carbons (Fsp3) is 0.333. The first kappa shape index (κ1) is 6.99. The molecule has 0 heterocycles. The van der Waals surface area contributed by atoms with Crippen LogP contribution in [0.15, 0.2) is 18.2 Å². The zero-order chi connectivity index (χ0) is 7.84. The van der Waals surface area contributed by atoms with Crippen LogP contribution in [-0.4, -0.2) is 0 Å². The fourth-order valence-corrected chi connectivity index (χ4v) is 1.49. The summed E-state index contributed by atoms with van der Waals surface area (Å²) in [5.41, 5.74) is 7.80. The minimum atomic E-state index is 0.689. The summed E-state index contributed by atoms with van der Waals surface area (Å²) in [4.78, 5) is 0. The highest BCUT2D eigenvalue weighted by Gasteiger charge is 2.25. The van der Waals surface area contributed by atoms with Gasteiger partial charge in [0, 0.05) is 0 Å². The maximum Gasteiger partial charge on any atom is 0.0638 e. The summed E-state index contributed by atoms with van der Waals surface area (Å²) in [7, 11) is 0. The average Bonchev–Trinajstić information content (AvgIpc) is 2.77. The van der Waals surface area contributed by atoms with Crippen LogP contribution in [0.5, 0.6) is 0 Å². The lowest BCUT2D eigenvalue weighted by Crippen LogP contribution is -1.92. The molecule has 1 fully saturated rings. The number of para-hydroxylation sites is 1. The normalized spacial score (nSPS) is 16.8.